The number of aliphatic hydroxyl groups is 1. The van der Waals surface area contributed by atoms with Crippen LogP contribution in [0.15, 0.2) is 66.2 Å². The van der Waals surface area contributed by atoms with Gasteiger partial charge in [0.2, 0.25) is 0 Å². The van der Waals surface area contributed by atoms with Gasteiger partial charge < -0.3 is 19.3 Å². The smallest absolute Gasteiger partial charge is 0.301 e. The molecule has 10 heteroatoms. The van der Waals surface area contributed by atoms with Crippen LogP contribution in [0.25, 0.3) is 16.0 Å². The summed E-state index contributed by atoms with van der Waals surface area (Å²) < 4.78 is 31.8. The Bertz CT molecular complexity index is 1650. The van der Waals surface area contributed by atoms with Crippen molar-refractivity contribution >= 4 is 44.1 Å². The summed E-state index contributed by atoms with van der Waals surface area (Å²) in [6, 6.07) is 14.9. The van der Waals surface area contributed by atoms with Crippen molar-refractivity contribution in [1.29, 1.82) is 0 Å². The number of unbranched alkanes of at least 4 members (excludes halogenated alkanes) is 1. The van der Waals surface area contributed by atoms with E-state index in [0.29, 0.717) is 58.4 Å². The molecule has 1 fully saturated rings. The molecule has 4 aromatic rings. The number of amides is 1. The van der Waals surface area contributed by atoms with Crippen molar-refractivity contribution in [2.24, 2.45) is 0 Å². The highest BCUT2D eigenvalue weighted by Gasteiger charge is 2.48. The molecule has 218 valence electrons. The van der Waals surface area contributed by atoms with Gasteiger partial charge in [0.1, 0.15) is 17.3 Å². The zero-order valence-corrected chi connectivity index (χ0v) is 24.4. The van der Waals surface area contributed by atoms with Gasteiger partial charge in [-0.3, -0.25) is 14.5 Å². The molecule has 0 spiro atoms. The summed E-state index contributed by atoms with van der Waals surface area (Å²) in [5, 5.41) is 11.7. The highest BCUT2D eigenvalue weighted by molar-refractivity contribution is 7.22. The molecule has 1 aliphatic heterocycles. The number of hydrogen-bond donors (Lipinski definition) is 1. The van der Waals surface area contributed by atoms with Crippen LogP contribution >= 0.6 is 11.3 Å². The number of aliphatic hydroxyl groups excluding tert-OH is 1. The summed E-state index contributed by atoms with van der Waals surface area (Å²) in [6.45, 7) is 7.13. The second kappa shape index (κ2) is 12.6. The van der Waals surface area contributed by atoms with Gasteiger partial charge in [0.25, 0.3) is 5.78 Å². The number of rotatable bonds is 11. The highest BCUT2D eigenvalue weighted by Crippen LogP contribution is 2.46. The predicted molar refractivity (Wildman–Crippen MR) is 160 cm³/mol. The van der Waals surface area contributed by atoms with Gasteiger partial charge in [-0.25, -0.2) is 9.37 Å². The Morgan fingerprint density at radius 2 is 1.71 bits per heavy atom. The zero-order chi connectivity index (χ0) is 29.8. The van der Waals surface area contributed by atoms with Crippen LogP contribution in [0.2, 0.25) is 0 Å². The molecule has 1 aliphatic rings. The van der Waals surface area contributed by atoms with Gasteiger partial charge >= 0.3 is 5.91 Å². The summed E-state index contributed by atoms with van der Waals surface area (Å²) >= 11 is 1.09. The van der Waals surface area contributed by atoms with Crippen molar-refractivity contribution < 1.29 is 33.3 Å². The topological polar surface area (TPSA) is 98.2 Å². The molecule has 1 saturated heterocycles. The fraction of sp³-hybridized carbons (Fsp3) is 0.281. The maximum Gasteiger partial charge on any atom is 0.301 e. The van der Waals surface area contributed by atoms with Gasteiger partial charge in [-0.2, -0.15) is 0 Å². The molecule has 1 unspecified atom stereocenters. The molecular formula is C32H31FN2O6S. The fourth-order valence-electron chi connectivity index (χ4n) is 4.77. The fourth-order valence-corrected chi connectivity index (χ4v) is 5.79. The predicted octanol–water partition coefficient (Wildman–Crippen LogP) is 7.04. The molecule has 1 N–H and O–H groups in total. The number of carbonyl (C=O) groups is 2. The quantitative estimate of drug-likeness (QED) is 0.0866. The van der Waals surface area contributed by atoms with E-state index in [4.69, 9.17) is 14.2 Å². The number of fused-ring (bicyclic) bond motifs is 1. The Hall–Kier alpha value is -4.44. The number of Topliss-reactive ketones (excluding diaryl/α,β-unsaturated/α-hetero) is 1. The van der Waals surface area contributed by atoms with Crippen molar-refractivity contribution in [3.63, 3.8) is 0 Å². The van der Waals surface area contributed by atoms with Crippen molar-refractivity contribution in [2.75, 3.05) is 24.7 Å². The van der Waals surface area contributed by atoms with Crippen LogP contribution in [-0.4, -0.2) is 41.6 Å². The van der Waals surface area contributed by atoms with Gasteiger partial charge in [0.15, 0.2) is 16.6 Å². The Kier molecular flexibility index (Phi) is 8.72. The van der Waals surface area contributed by atoms with E-state index in [1.165, 1.54) is 23.1 Å². The molecule has 1 aromatic heterocycles. The number of anilines is 1. The lowest BCUT2D eigenvalue weighted by Crippen LogP contribution is -2.29. The molecule has 1 amide bonds. The lowest BCUT2D eigenvalue weighted by atomic mass is 9.95. The van der Waals surface area contributed by atoms with E-state index in [9.17, 15) is 19.1 Å². The molecule has 42 heavy (non-hydrogen) atoms. The average molecular weight is 591 g/mol. The number of aromatic nitrogens is 1. The summed E-state index contributed by atoms with van der Waals surface area (Å²) in [6.07, 6.45) is 1.84. The van der Waals surface area contributed by atoms with Crippen molar-refractivity contribution in [3.05, 3.63) is 83.2 Å². The number of carbonyl (C=O) groups excluding carboxylic acids is 2. The third-order valence-corrected chi connectivity index (χ3v) is 7.78. The summed E-state index contributed by atoms with van der Waals surface area (Å²) in [5.41, 5.74) is 1.24. The molecule has 3 aromatic carbocycles. The lowest BCUT2D eigenvalue weighted by molar-refractivity contribution is -0.132. The number of halogens is 1. The number of ether oxygens (including phenoxy) is 3. The van der Waals surface area contributed by atoms with E-state index < -0.39 is 23.5 Å². The molecule has 2 heterocycles. The molecular weight excluding hydrogens is 559 g/mol. The first-order valence-electron chi connectivity index (χ1n) is 13.9. The Labute approximate surface area is 247 Å². The molecule has 0 aliphatic carbocycles. The van der Waals surface area contributed by atoms with Gasteiger partial charge in [-0.15, -0.1) is 0 Å². The molecule has 0 saturated carbocycles. The maximum absolute atomic E-state index is 14.0. The third kappa shape index (κ3) is 5.67. The second-order valence-corrected chi connectivity index (χ2v) is 10.6. The molecule has 1 atom stereocenters. The number of hydrogen-bond acceptors (Lipinski definition) is 8. The minimum Gasteiger partial charge on any atom is -0.507 e. The monoisotopic (exact) mass is 590 g/mol. The van der Waals surface area contributed by atoms with E-state index >= 15 is 0 Å². The molecule has 0 bridgehead atoms. The Morgan fingerprint density at radius 1 is 0.952 bits per heavy atom. The SMILES string of the molecule is CCCCOc1ccc(C2/C(=C(\O)c3ccc(OCC)cc3)C(=O)C(=O)N2c2nc3ccc(F)cc3s2)cc1OCC. The minimum atomic E-state index is -1.04. The lowest BCUT2D eigenvalue weighted by Gasteiger charge is -2.24. The van der Waals surface area contributed by atoms with Crippen LogP contribution in [0.3, 0.4) is 0 Å². The summed E-state index contributed by atoms with van der Waals surface area (Å²) in [4.78, 5) is 33.0. The van der Waals surface area contributed by atoms with E-state index in [1.54, 1.807) is 42.5 Å². The third-order valence-electron chi connectivity index (χ3n) is 6.77. The first kappa shape index (κ1) is 29.1. The normalized spacial score (nSPS) is 16.3. The number of ketones is 1. The first-order valence-corrected chi connectivity index (χ1v) is 14.7. The van der Waals surface area contributed by atoms with Gasteiger partial charge in [0.05, 0.1) is 41.7 Å². The van der Waals surface area contributed by atoms with Crippen LogP contribution in [-0.2, 0) is 9.59 Å². The van der Waals surface area contributed by atoms with E-state index in [1.807, 2.05) is 13.8 Å². The number of thiazole rings is 1. The number of nitrogens with zero attached hydrogens (tertiary/aromatic N) is 2. The summed E-state index contributed by atoms with van der Waals surface area (Å²) in [5.74, 6) is -0.903. The van der Waals surface area contributed by atoms with Gasteiger partial charge in [-0.05, 0) is 80.4 Å². The van der Waals surface area contributed by atoms with Crippen LogP contribution in [0.1, 0.15) is 50.8 Å². The second-order valence-electron chi connectivity index (χ2n) is 9.58. The Balaban J connectivity index is 1.67. The van der Waals surface area contributed by atoms with Crippen molar-refractivity contribution in [2.45, 2.75) is 39.7 Å². The van der Waals surface area contributed by atoms with E-state index in [-0.39, 0.29) is 16.5 Å². The zero-order valence-electron chi connectivity index (χ0n) is 23.6. The van der Waals surface area contributed by atoms with Gasteiger partial charge in [0, 0.05) is 5.56 Å². The van der Waals surface area contributed by atoms with E-state index in [2.05, 4.69) is 11.9 Å². The van der Waals surface area contributed by atoms with E-state index in [0.717, 1.165) is 24.2 Å². The number of benzene rings is 3. The first-order chi connectivity index (χ1) is 20.4. The summed E-state index contributed by atoms with van der Waals surface area (Å²) in [7, 11) is 0. The largest absolute Gasteiger partial charge is 0.507 e. The maximum atomic E-state index is 14.0. The highest BCUT2D eigenvalue weighted by atomic mass is 32.1. The van der Waals surface area contributed by atoms with Crippen LogP contribution in [0, 0.1) is 5.82 Å². The molecule has 5 rings (SSSR count). The van der Waals surface area contributed by atoms with Crippen molar-refractivity contribution in [1.82, 2.24) is 4.98 Å². The minimum absolute atomic E-state index is 0.100. The molecule has 8 nitrogen and oxygen atoms in total. The Morgan fingerprint density at radius 3 is 2.43 bits per heavy atom. The van der Waals surface area contributed by atoms with Gasteiger partial charge in [-0.1, -0.05) is 30.7 Å². The van der Waals surface area contributed by atoms with Crippen LogP contribution in [0.5, 0.6) is 17.2 Å². The standard InChI is InChI=1S/C32H31FN2O6S/c1-4-7-16-41-24-15-10-20(17-25(24)40-6-3)28-27(29(36)19-8-12-22(13-9-19)39-5-2)30(37)31(38)35(28)32-34-23-14-11-21(33)18-26(23)42-32/h8-15,17-18,28,36H,4-7,16H2,1-3H3/b29-27+. The van der Waals surface area contributed by atoms with Crippen molar-refractivity contribution in [3.8, 4) is 17.2 Å². The average Bonchev–Trinajstić information content (AvgIpc) is 3.51. The van der Waals surface area contributed by atoms with Crippen LogP contribution in [0.4, 0.5) is 9.52 Å². The molecule has 0 radical (unpaired) electrons. The van der Waals surface area contributed by atoms with Crippen LogP contribution < -0.4 is 19.1 Å².